The van der Waals surface area contributed by atoms with Crippen molar-refractivity contribution in [3.63, 3.8) is 0 Å². The second-order valence-electron chi connectivity index (χ2n) is 7.22. The first-order chi connectivity index (χ1) is 16.4. The lowest BCUT2D eigenvalue weighted by molar-refractivity contribution is -0.390. The summed E-state index contributed by atoms with van der Waals surface area (Å²) in [4.78, 5) is 38.5. The average Bonchev–Trinajstić information content (AvgIpc) is 3.34. The van der Waals surface area contributed by atoms with Crippen molar-refractivity contribution in [3.05, 3.63) is 66.7 Å². The first-order valence-electron chi connectivity index (χ1n) is 9.49. The van der Waals surface area contributed by atoms with E-state index < -0.39 is 40.1 Å². The molecule has 0 saturated carbocycles. The van der Waals surface area contributed by atoms with E-state index in [2.05, 4.69) is 36.4 Å². The van der Waals surface area contributed by atoms with Gasteiger partial charge in [0.2, 0.25) is 0 Å². The minimum Gasteiger partial charge on any atom is -0.365 e. The Morgan fingerprint density at radius 1 is 1.26 bits per heavy atom. The highest BCUT2D eigenvalue weighted by Gasteiger charge is 2.35. The van der Waals surface area contributed by atoms with Crippen LogP contribution in [-0.2, 0) is 6.18 Å². The van der Waals surface area contributed by atoms with Crippen LogP contribution in [0.15, 0.2) is 34.8 Å². The highest BCUT2D eigenvalue weighted by atomic mass is 79.9. The third-order valence-corrected chi connectivity index (χ3v) is 6.71. The zero-order valence-electron chi connectivity index (χ0n) is 17.4. The fourth-order valence-corrected chi connectivity index (χ4v) is 4.77. The number of aryl methyl sites for hydroxylation is 1. The molecular weight excluding hydrogens is 557 g/mol. The smallest absolute Gasteiger partial charge is 0.365 e. The van der Waals surface area contributed by atoms with Gasteiger partial charge in [-0.1, -0.05) is 34.9 Å². The Morgan fingerprint density at radius 3 is 2.46 bits per heavy atom. The van der Waals surface area contributed by atoms with Crippen LogP contribution in [0.2, 0.25) is 0 Å². The first-order valence-corrected chi connectivity index (χ1v) is 11.1. The Balaban J connectivity index is 1.96. The quantitative estimate of drug-likeness (QED) is 0.226. The minimum atomic E-state index is -4.78. The van der Waals surface area contributed by atoms with Gasteiger partial charge in [-0.05, 0) is 45.0 Å². The number of fused-ring (bicyclic) bond motifs is 1. The molecule has 0 unspecified atom stereocenters. The Bertz CT molecular complexity index is 1510. The zero-order chi connectivity index (χ0) is 25.7. The molecule has 0 aliphatic heterocycles. The molecular formula is C20H12BrF3N6O4S. The summed E-state index contributed by atoms with van der Waals surface area (Å²) in [7, 11) is 0. The number of primary amides is 1. The Hall–Kier alpha value is -3.85. The number of aromatic amines is 1. The van der Waals surface area contributed by atoms with Crippen molar-refractivity contribution in [2.45, 2.75) is 13.1 Å². The lowest BCUT2D eigenvalue weighted by Crippen LogP contribution is -2.17. The standard InChI is InChI=1S/C20H12BrF3N6O4S/c1-7-2-4-8(5-3-7)9-6-10(20(22,23)24)26-19-11(9)13(15(35-19)16(25)31)27-18(32)14-12(21)17(29-28-14)30(33)34/h2-6H,1H3,(H2,25,31)(H,27,32)(H,28,29). The van der Waals surface area contributed by atoms with E-state index >= 15 is 0 Å². The van der Waals surface area contributed by atoms with Crippen LogP contribution in [0.4, 0.5) is 24.7 Å². The van der Waals surface area contributed by atoms with E-state index in [1.54, 1.807) is 31.2 Å². The van der Waals surface area contributed by atoms with Crippen molar-refractivity contribution in [2.75, 3.05) is 5.32 Å². The van der Waals surface area contributed by atoms with E-state index in [1.165, 1.54) is 0 Å². The zero-order valence-corrected chi connectivity index (χ0v) is 19.8. The number of anilines is 1. The van der Waals surface area contributed by atoms with Crippen LogP contribution in [0.5, 0.6) is 0 Å². The number of hydrogen-bond donors (Lipinski definition) is 3. The summed E-state index contributed by atoms with van der Waals surface area (Å²) in [6.45, 7) is 1.80. The van der Waals surface area contributed by atoms with Crippen LogP contribution in [0.3, 0.4) is 0 Å². The number of rotatable bonds is 5. The number of nitrogens with two attached hydrogens (primary N) is 1. The summed E-state index contributed by atoms with van der Waals surface area (Å²) in [5.74, 6) is -2.57. The van der Waals surface area contributed by atoms with Crippen molar-refractivity contribution in [1.82, 2.24) is 15.2 Å². The van der Waals surface area contributed by atoms with Crippen molar-refractivity contribution in [2.24, 2.45) is 5.73 Å². The molecule has 10 nitrogen and oxygen atoms in total. The number of thiophene rings is 1. The summed E-state index contributed by atoms with van der Waals surface area (Å²) in [6, 6.07) is 7.37. The molecule has 4 aromatic rings. The molecule has 2 amide bonds. The predicted molar refractivity (Wildman–Crippen MR) is 124 cm³/mol. The number of halogens is 4. The molecule has 4 rings (SSSR count). The van der Waals surface area contributed by atoms with Gasteiger partial charge >= 0.3 is 12.0 Å². The second kappa shape index (κ2) is 8.74. The maximum Gasteiger partial charge on any atom is 0.433 e. The number of amides is 2. The van der Waals surface area contributed by atoms with Crippen LogP contribution in [-0.4, -0.2) is 31.9 Å². The van der Waals surface area contributed by atoms with Crippen LogP contribution in [0.1, 0.15) is 31.4 Å². The molecule has 35 heavy (non-hydrogen) atoms. The molecule has 15 heteroatoms. The van der Waals surface area contributed by atoms with Gasteiger partial charge < -0.3 is 21.2 Å². The third kappa shape index (κ3) is 4.46. The van der Waals surface area contributed by atoms with E-state index in [0.29, 0.717) is 16.9 Å². The van der Waals surface area contributed by atoms with Gasteiger partial charge in [0.05, 0.1) is 5.69 Å². The number of H-pyrrole nitrogens is 1. The molecule has 180 valence electrons. The van der Waals surface area contributed by atoms with E-state index in [9.17, 15) is 32.9 Å². The Morgan fingerprint density at radius 2 is 1.91 bits per heavy atom. The number of aromatic nitrogens is 3. The summed E-state index contributed by atoms with van der Waals surface area (Å²) in [6.07, 6.45) is -4.78. The van der Waals surface area contributed by atoms with Gasteiger partial charge in [-0.2, -0.15) is 13.2 Å². The van der Waals surface area contributed by atoms with Crippen molar-refractivity contribution in [1.29, 1.82) is 0 Å². The topological polar surface area (TPSA) is 157 Å². The van der Waals surface area contributed by atoms with E-state index in [0.717, 1.165) is 11.6 Å². The van der Waals surface area contributed by atoms with E-state index in [1.807, 2.05) is 0 Å². The normalized spacial score (nSPS) is 11.6. The summed E-state index contributed by atoms with van der Waals surface area (Å²) in [5, 5.41) is 19.2. The number of carbonyl (C=O) groups excluding carboxylic acids is 2. The molecule has 0 aliphatic carbocycles. The second-order valence-corrected chi connectivity index (χ2v) is 9.01. The minimum absolute atomic E-state index is 0.0495. The maximum atomic E-state index is 13.6. The van der Waals surface area contributed by atoms with E-state index in [-0.39, 0.29) is 30.8 Å². The summed E-state index contributed by atoms with van der Waals surface area (Å²) in [5.41, 5.74) is 4.94. The fourth-order valence-electron chi connectivity index (χ4n) is 3.26. The maximum absolute atomic E-state index is 13.6. The largest absolute Gasteiger partial charge is 0.433 e. The van der Waals surface area contributed by atoms with Crippen LogP contribution in [0.25, 0.3) is 21.3 Å². The molecule has 0 bridgehead atoms. The highest BCUT2D eigenvalue weighted by Crippen LogP contribution is 2.44. The van der Waals surface area contributed by atoms with Crippen LogP contribution in [0, 0.1) is 17.0 Å². The third-order valence-electron chi connectivity index (χ3n) is 4.86. The Labute approximate surface area is 205 Å². The highest BCUT2D eigenvalue weighted by molar-refractivity contribution is 9.10. The fraction of sp³-hybridized carbons (Fsp3) is 0.100. The van der Waals surface area contributed by atoms with Gasteiger partial charge in [0.15, 0.2) is 5.69 Å². The van der Waals surface area contributed by atoms with Crippen molar-refractivity contribution in [3.8, 4) is 11.1 Å². The van der Waals surface area contributed by atoms with Crippen molar-refractivity contribution >= 4 is 60.8 Å². The lowest BCUT2D eigenvalue weighted by Gasteiger charge is -2.12. The van der Waals surface area contributed by atoms with Crippen molar-refractivity contribution < 1.29 is 27.7 Å². The molecule has 4 N–H and O–H groups in total. The van der Waals surface area contributed by atoms with Gasteiger partial charge in [-0.3, -0.25) is 9.59 Å². The number of nitro groups is 1. The van der Waals surface area contributed by atoms with Gasteiger partial charge in [-0.25, -0.2) is 4.98 Å². The van der Waals surface area contributed by atoms with Gasteiger partial charge in [0.25, 0.3) is 11.8 Å². The molecule has 0 saturated heterocycles. The molecule has 3 heterocycles. The summed E-state index contributed by atoms with van der Waals surface area (Å²) < 4.78 is 40.5. The van der Waals surface area contributed by atoms with Gasteiger partial charge in [0.1, 0.15) is 19.9 Å². The lowest BCUT2D eigenvalue weighted by atomic mass is 10.00. The van der Waals surface area contributed by atoms with Crippen LogP contribution >= 0.6 is 27.3 Å². The van der Waals surface area contributed by atoms with Gasteiger partial charge in [0, 0.05) is 5.39 Å². The number of nitrogens with one attached hydrogen (secondary N) is 2. The number of alkyl halides is 3. The number of benzene rings is 1. The molecule has 0 radical (unpaired) electrons. The molecule has 0 spiro atoms. The SMILES string of the molecule is Cc1ccc(-c2cc(C(F)(F)F)nc3sc(C(N)=O)c(NC(=O)c4n[nH]c([N+](=O)[O-])c4Br)c23)cc1. The molecule has 3 aromatic heterocycles. The predicted octanol–water partition coefficient (Wildman–Crippen LogP) is 5.04. The van der Waals surface area contributed by atoms with Gasteiger partial charge in [-0.15, -0.1) is 16.4 Å². The molecule has 0 aliphatic rings. The first kappa shape index (κ1) is 24.3. The molecule has 0 atom stereocenters. The molecule has 1 aromatic carbocycles. The number of nitrogens with zero attached hydrogens (tertiary/aromatic N) is 3. The average molecular weight is 569 g/mol. The number of pyridine rings is 1. The number of hydrogen-bond acceptors (Lipinski definition) is 7. The number of carbonyl (C=O) groups is 2. The van der Waals surface area contributed by atoms with Crippen LogP contribution < -0.4 is 11.1 Å². The molecule has 0 fully saturated rings. The van der Waals surface area contributed by atoms with E-state index in [4.69, 9.17) is 5.73 Å². The summed E-state index contributed by atoms with van der Waals surface area (Å²) >= 11 is 3.50. The monoisotopic (exact) mass is 568 g/mol. The Kier molecular flexibility index (Phi) is 6.06.